The van der Waals surface area contributed by atoms with Gasteiger partial charge in [0, 0.05) is 39.1 Å². The van der Waals surface area contributed by atoms with Gasteiger partial charge >= 0.3 is 5.97 Å². The molecule has 1 aliphatic heterocycles. The summed E-state index contributed by atoms with van der Waals surface area (Å²) in [4.78, 5) is 15.5. The lowest BCUT2D eigenvalue weighted by atomic mass is 9.92. The Labute approximate surface area is 98.2 Å². The van der Waals surface area contributed by atoms with Gasteiger partial charge in [-0.25, -0.2) is 0 Å². The molecule has 0 aromatic carbocycles. The molecule has 1 unspecified atom stereocenters. The molecule has 0 saturated carbocycles. The van der Waals surface area contributed by atoms with Crippen LogP contribution < -0.4 is 0 Å². The van der Waals surface area contributed by atoms with E-state index in [0.717, 1.165) is 32.7 Å². The quantitative estimate of drug-likeness (QED) is 0.762. The van der Waals surface area contributed by atoms with Crippen molar-refractivity contribution in [1.29, 1.82) is 0 Å². The average Bonchev–Trinajstić information content (AvgIpc) is 2.19. The van der Waals surface area contributed by atoms with Crippen LogP contribution in [0.25, 0.3) is 0 Å². The van der Waals surface area contributed by atoms with Gasteiger partial charge in [0.05, 0.1) is 0 Å². The van der Waals surface area contributed by atoms with E-state index in [9.17, 15) is 4.79 Å². The Hall–Kier alpha value is -0.610. The monoisotopic (exact) mass is 228 g/mol. The van der Waals surface area contributed by atoms with E-state index in [1.54, 1.807) is 0 Å². The van der Waals surface area contributed by atoms with Gasteiger partial charge in [0.1, 0.15) is 0 Å². The largest absolute Gasteiger partial charge is 0.481 e. The summed E-state index contributed by atoms with van der Waals surface area (Å²) in [7, 11) is 2.13. The third kappa shape index (κ3) is 4.49. The highest BCUT2D eigenvalue weighted by atomic mass is 16.4. The Morgan fingerprint density at radius 1 is 1.25 bits per heavy atom. The summed E-state index contributed by atoms with van der Waals surface area (Å²) in [6.45, 7) is 9.49. The highest BCUT2D eigenvalue weighted by Gasteiger charge is 2.22. The maximum absolute atomic E-state index is 10.8. The molecular weight excluding hydrogens is 204 g/mol. The van der Waals surface area contributed by atoms with Gasteiger partial charge in [0.25, 0.3) is 0 Å². The fraction of sp³-hybridized carbons (Fsp3) is 0.917. The first-order chi connectivity index (χ1) is 7.49. The molecule has 94 valence electrons. The summed E-state index contributed by atoms with van der Waals surface area (Å²) in [5, 5.41) is 8.88. The van der Waals surface area contributed by atoms with Crippen LogP contribution in [0.15, 0.2) is 0 Å². The predicted molar refractivity (Wildman–Crippen MR) is 64.5 cm³/mol. The first-order valence-corrected chi connectivity index (χ1v) is 6.11. The molecule has 1 atom stereocenters. The molecule has 0 aromatic rings. The Morgan fingerprint density at radius 2 is 1.81 bits per heavy atom. The van der Waals surface area contributed by atoms with Gasteiger partial charge in [-0.2, -0.15) is 0 Å². The zero-order chi connectivity index (χ0) is 12.1. The lowest BCUT2D eigenvalue weighted by Gasteiger charge is -2.35. The summed E-state index contributed by atoms with van der Waals surface area (Å²) in [5.74, 6) is 0.0458. The minimum Gasteiger partial charge on any atom is -0.481 e. The van der Waals surface area contributed by atoms with Crippen molar-refractivity contribution in [2.24, 2.45) is 11.8 Å². The normalized spacial score (nSPS) is 21.2. The number of hydrogen-bond donors (Lipinski definition) is 1. The molecule has 0 spiro atoms. The van der Waals surface area contributed by atoms with Gasteiger partial charge in [-0.15, -0.1) is 0 Å². The SMILES string of the molecule is CC(C)C(CC(=O)O)CN1CCN(C)CC1. The van der Waals surface area contributed by atoms with E-state index in [4.69, 9.17) is 5.11 Å². The Bertz CT molecular complexity index is 223. The zero-order valence-electron chi connectivity index (χ0n) is 10.6. The lowest BCUT2D eigenvalue weighted by molar-refractivity contribution is -0.138. The van der Waals surface area contributed by atoms with Crippen molar-refractivity contribution in [2.75, 3.05) is 39.8 Å². The van der Waals surface area contributed by atoms with Gasteiger partial charge in [-0.05, 0) is 18.9 Å². The fourth-order valence-corrected chi connectivity index (χ4v) is 2.10. The van der Waals surface area contributed by atoms with E-state index in [0.29, 0.717) is 12.3 Å². The van der Waals surface area contributed by atoms with E-state index < -0.39 is 5.97 Å². The molecule has 0 aromatic heterocycles. The summed E-state index contributed by atoms with van der Waals surface area (Å²) in [6, 6.07) is 0. The van der Waals surface area contributed by atoms with Gasteiger partial charge in [0.15, 0.2) is 0 Å². The van der Waals surface area contributed by atoms with Crippen molar-refractivity contribution in [2.45, 2.75) is 20.3 Å². The minimum atomic E-state index is -0.673. The van der Waals surface area contributed by atoms with E-state index >= 15 is 0 Å². The summed E-state index contributed by atoms with van der Waals surface area (Å²) >= 11 is 0. The average molecular weight is 228 g/mol. The maximum Gasteiger partial charge on any atom is 0.303 e. The second-order valence-electron chi connectivity index (χ2n) is 5.21. The highest BCUT2D eigenvalue weighted by Crippen LogP contribution is 2.17. The number of piperazine rings is 1. The van der Waals surface area contributed by atoms with Crippen LogP contribution in [0.2, 0.25) is 0 Å². The molecule has 4 nitrogen and oxygen atoms in total. The van der Waals surface area contributed by atoms with Crippen LogP contribution in [0, 0.1) is 11.8 Å². The fourth-order valence-electron chi connectivity index (χ4n) is 2.10. The molecule has 1 heterocycles. The predicted octanol–water partition coefficient (Wildman–Crippen LogP) is 0.981. The van der Waals surface area contributed by atoms with E-state index in [-0.39, 0.29) is 5.92 Å². The van der Waals surface area contributed by atoms with Crippen molar-refractivity contribution in [3.8, 4) is 0 Å². The second kappa shape index (κ2) is 6.21. The van der Waals surface area contributed by atoms with Gasteiger partial charge in [-0.1, -0.05) is 13.8 Å². The van der Waals surface area contributed by atoms with Crippen LogP contribution in [0.1, 0.15) is 20.3 Å². The molecule has 0 amide bonds. The molecule has 1 rings (SSSR count). The first-order valence-electron chi connectivity index (χ1n) is 6.11. The summed E-state index contributed by atoms with van der Waals surface area (Å²) < 4.78 is 0. The number of carboxylic acids is 1. The minimum absolute atomic E-state index is 0.279. The molecule has 0 aliphatic carbocycles. The molecular formula is C12H24N2O2. The van der Waals surface area contributed by atoms with Gasteiger partial charge in [0.2, 0.25) is 0 Å². The molecule has 1 N–H and O–H groups in total. The molecule has 1 fully saturated rings. The highest BCUT2D eigenvalue weighted by molar-refractivity contribution is 5.67. The van der Waals surface area contributed by atoms with Crippen LogP contribution in [0.3, 0.4) is 0 Å². The van der Waals surface area contributed by atoms with Crippen LogP contribution in [0.5, 0.6) is 0 Å². The van der Waals surface area contributed by atoms with E-state index in [1.165, 1.54) is 0 Å². The maximum atomic E-state index is 10.8. The number of carbonyl (C=O) groups is 1. The number of carboxylic acid groups (broad SMARTS) is 1. The molecule has 16 heavy (non-hydrogen) atoms. The van der Waals surface area contributed by atoms with E-state index in [2.05, 4.69) is 30.7 Å². The number of rotatable bonds is 5. The van der Waals surface area contributed by atoms with Crippen molar-refractivity contribution in [3.63, 3.8) is 0 Å². The molecule has 1 saturated heterocycles. The second-order valence-corrected chi connectivity index (χ2v) is 5.21. The van der Waals surface area contributed by atoms with Gasteiger partial charge < -0.3 is 14.9 Å². The van der Waals surface area contributed by atoms with Crippen molar-refractivity contribution < 1.29 is 9.90 Å². The van der Waals surface area contributed by atoms with Crippen molar-refractivity contribution >= 4 is 5.97 Å². The van der Waals surface area contributed by atoms with E-state index in [1.807, 2.05) is 0 Å². The molecule has 0 radical (unpaired) electrons. The smallest absolute Gasteiger partial charge is 0.303 e. The van der Waals surface area contributed by atoms with Crippen molar-refractivity contribution in [1.82, 2.24) is 9.80 Å². The van der Waals surface area contributed by atoms with Crippen LogP contribution >= 0.6 is 0 Å². The van der Waals surface area contributed by atoms with Crippen LogP contribution in [0.4, 0.5) is 0 Å². The number of hydrogen-bond acceptors (Lipinski definition) is 3. The van der Waals surface area contributed by atoms with Gasteiger partial charge in [-0.3, -0.25) is 4.79 Å². The molecule has 0 bridgehead atoms. The van der Waals surface area contributed by atoms with Crippen LogP contribution in [-0.4, -0.2) is 60.6 Å². The number of aliphatic carboxylic acids is 1. The lowest BCUT2D eigenvalue weighted by Crippen LogP contribution is -2.46. The van der Waals surface area contributed by atoms with Crippen molar-refractivity contribution in [3.05, 3.63) is 0 Å². The number of likely N-dealkylation sites (N-methyl/N-ethyl adjacent to an activating group) is 1. The third-order valence-electron chi connectivity index (χ3n) is 3.47. The summed E-state index contributed by atoms with van der Waals surface area (Å²) in [6.07, 6.45) is 0.296. The first kappa shape index (κ1) is 13.5. The zero-order valence-corrected chi connectivity index (χ0v) is 10.6. The molecule has 4 heteroatoms. The summed E-state index contributed by atoms with van der Waals surface area (Å²) in [5.41, 5.74) is 0. The Kier molecular flexibility index (Phi) is 5.22. The Balaban J connectivity index is 2.39. The topological polar surface area (TPSA) is 43.8 Å². The standard InChI is InChI=1S/C12H24N2O2/c1-10(2)11(8-12(15)16)9-14-6-4-13(3)5-7-14/h10-11H,4-9H2,1-3H3,(H,15,16). The number of nitrogens with zero attached hydrogens (tertiary/aromatic N) is 2. The van der Waals surface area contributed by atoms with Crippen LogP contribution in [-0.2, 0) is 4.79 Å². The third-order valence-corrected chi connectivity index (χ3v) is 3.47. The Morgan fingerprint density at radius 3 is 2.25 bits per heavy atom. The molecule has 1 aliphatic rings.